The van der Waals surface area contributed by atoms with Gasteiger partial charge < -0.3 is 10.6 Å². The van der Waals surface area contributed by atoms with Gasteiger partial charge in [0.25, 0.3) is 11.8 Å². The van der Waals surface area contributed by atoms with Crippen molar-refractivity contribution in [3.05, 3.63) is 29.8 Å². The summed E-state index contributed by atoms with van der Waals surface area (Å²) in [6.07, 6.45) is 3.99. The summed E-state index contributed by atoms with van der Waals surface area (Å²) in [5.74, 6) is -0.987. The van der Waals surface area contributed by atoms with Gasteiger partial charge in [-0.3, -0.25) is 19.8 Å². The van der Waals surface area contributed by atoms with E-state index in [4.69, 9.17) is 0 Å². The Bertz CT molecular complexity index is 755. The number of carbonyl (C=O) groups excluding carboxylic acids is 4. The number of nitrogens with one attached hydrogen (secondary N) is 3. The molecule has 26 heavy (non-hydrogen) atoms. The van der Waals surface area contributed by atoms with E-state index in [1.54, 1.807) is 24.3 Å². The lowest BCUT2D eigenvalue weighted by Crippen LogP contribution is -2.51. The molecule has 1 heterocycles. The van der Waals surface area contributed by atoms with Crippen LogP contribution in [0.25, 0.3) is 0 Å². The fraction of sp³-hybridized carbons (Fsp3) is 0.444. The highest BCUT2D eigenvalue weighted by atomic mass is 16.2. The monoisotopic (exact) mass is 358 g/mol. The van der Waals surface area contributed by atoms with E-state index in [0.29, 0.717) is 24.1 Å². The van der Waals surface area contributed by atoms with E-state index in [-0.39, 0.29) is 12.3 Å². The molecule has 1 aliphatic heterocycles. The molecule has 0 unspecified atom stereocenters. The van der Waals surface area contributed by atoms with Crippen LogP contribution in [-0.2, 0) is 9.59 Å². The van der Waals surface area contributed by atoms with Gasteiger partial charge in [-0.1, -0.05) is 31.4 Å². The number of hydrazine groups is 1. The highest BCUT2D eigenvalue weighted by Crippen LogP contribution is 2.32. The van der Waals surface area contributed by atoms with Crippen LogP contribution < -0.4 is 16.1 Å². The zero-order valence-electron chi connectivity index (χ0n) is 14.6. The van der Waals surface area contributed by atoms with Gasteiger partial charge in [0.1, 0.15) is 5.54 Å². The Morgan fingerprint density at radius 3 is 2.62 bits per heavy atom. The first-order valence-electron chi connectivity index (χ1n) is 8.72. The van der Waals surface area contributed by atoms with E-state index in [9.17, 15) is 19.2 Å². The Balaban J connectivity index is 1.58. The molecule has 3 rings (SSSR count). The molecule has 1 saturated carbocycles. The minimum absolute atomic E-state index is 0.0739. The Morgan fingerprint density at radius 2 is 1.92 bits per heavy atom. The van der Waals surface area contributed by atoms with Crippen molar-refractivity contribution >= 4 is 29.3 Å². The average Bonchev–Trinajstić information content (AvgIpc) is 2.85. The average molecular weight is 358 g/mol. The molecule has 1 saturated heterocycles. The molecule has 2 aliphatic rings. The molecule has 8 nitrogen and oxygen atoms in total. The third kappa shape index (κ3) is 3.54. The van der Waals surface area contributed by atoms with E-state index < -0.39 is 23.4 Å². The topological polar surface area (TPSA) is 108 Å². The molecule has 1 aromatic carbocycles. The number of ketones is 1. The molecule has 4 amide bonds. The van der Waals surface area contributed by atoms with Crippen molar-refractivity contribution in [3.63, 3.8) is 0 Å². The first kappa shape index (κ1) is 17.9. The predicted octanol–water partition coefficient (Wildman–Crippen LogP) is 1.59. The van der Waals surface area contributed by atoms with Gasteiger partial charge >= 0.3 is 6.03 Å². The Hall–Kier alpha value is -2.90. The maximum atomic E-state index is 12.6. The van der Waals surface area contributed by atoms with Crippen LogP contribution in [0.2, 0.25) is 0 Å². The molecule has 0 bridgehead atoms. The first-order chi connectivity index (χ1) is 12.4. The van der Waals surface area contributed by atoms with Gasteiger partial charge in [0.05, 0.1) is 6.54 Å². The van der Waals surface area contributed by atoms with Crippen LogP contribution in [0.5, 0.6) is 0 Å². The summed E-state index contributed by atoms with van der Waals surface area (Å²) in [5, 5.41) is 6.39. The molecule has 0 radical (unpaired) electrons. The summed E-state index contributed by atoms with van der Waals surface area (Å²) in [6.45, 7) is 1.33. The number of amides is 4. The van der Waals surface area contributed by atoms with Crippen molar-refractivity contribution < 1.29 is 19.2 Å². The number of imide groups is 1. The summed E-state index contributed by atoms with van der Waals surface area (Å²) >= 11 is 0. The lowest BCUT2D eigenvalue weighted by molar-refractivity contribution is -0.139. The quantitative estimate of drug-likeness (QED) is 0.547. The number of hydrogen-bond donors (Lipinski definition) is 3. The van der Waals surface area contributed by atoms with Gasteiger partial charge in [-0.15, -0.1) is 0 Å². The van der Waals surface area contributed by atoms with E-state index in [2.05, 4.69) is 16.1 Å². The van der Waals surface area contributed by atoms with E-state index in [1.165, 1.54) is 6.92 Å². The predicted molar refractivity (Wildman–Crippen MR) is 94.3 cm³/mol. The largest absolute Gasteiger partial charge is 0.376 e. The second-order valence-electron chi connectivity index (χ2n) is 6.74. The minimum atomic E-state index is -0.869. The lowest BCUT2D eigenvalue weighted by Gasteiger charge is -2.30. The van der Waals surface area contributed by atoms with Crippen LogP contribution in [0, 0.1) is 0 Å². The third-order valence-electron chi connectivity index (χ3n) is 4.83. The summed E-state index contributed by atoms with van der Waals surface area (Å²) < 4.78 is 0. The lowest BCUT2D eigenvalue weighted by atomic mass is 9.82. The molecular formula is C18H22N4O4. The summed E-state index contributed by atoms with van der Waals surface area (Å²) in [7, 11) is 0. The van der Waals surface area contributed by atoms with Gasteiger partial charge in [0.2, 0.25) is 0 Å². The molecule has 1 aliphatic carbocycles. The molecule has 0 atom stereocenters. The van der Waals surface area contributed by atoms with Crippen LogP contribution in [0.4, 0.5) is 10.5 Å². The number of hydrogen-bond acceptors (Lipinski definition) is 5. The van der Waals surface area contributed by atoms with Gasteiger partial charge in [-0.25, -0.2) is 4.79 Å². The van der Waals surface area contributed by atoms with Crippen molar-refractivity contribution in [2.45, 2.75) is 44.6 Å². The van der Waals surface area contributed by atoms with E-state index >= 15 is 0 Å². The van der Waals surface area contributed by atoms with Crippen LogP contribution in [0.1, 0.15) is 49.4 Å². The maximum Gasteiger partial charge on any atom is 0.344 e. The van der Waals surface area contributed by atoms with Crippen molar-refractivity contribution in [2.75, 3.05) is 11.9 Å². The second-order valence-corrected chi connectivity index (χ2v) is 6.74. The molecule has 2 fully saturated rings. The van der Waals surface area contributed by atoms with Gasteiger partial charge in [-0.05, 0) is 31.9 Å². The summed E-state index contributed by atoms with van der Waals surface area (Å²) in [4.78, 5) is 48.2. The Labute approximate surface area is 151 Å². The zero-order valence-corrected chi connectivity index (χ0v) is 14.6. The molecule has 3 N–H and O–H groups in total. The SMILES string of the molecule is CC(=O)c1cccc(NCC(=O)NN2C(=O)NC3(CCCCC3)C2=O)c1. The summed E-state index contributed by atoms with van der Waals surface area (Å²) in [5.41, 5.74) is 2.63. The van der Waals surface area contributed by atoms with Crippen LogP contribution >= 0.6 is 0 Å². The van der Waals surface area contributed by atoms with Crippen LogP contribution in [-0.4, -0.2) is 40.7 Å². The van der Waals surface area contributed by atoms with Crippen molar-refractivity contribution in [1.82, 2.24) is 15.8 Å². The molecule has 0 aromatic heterocycles. The highest BCUT2D eigenvalue weighted by molar-refractivity contribution is 6.08. The van der Waals surface area contributed by atoms with Crippen molar-refractivity contribution in [2.24, 2.45) is 0 Å². The highest BCUT2D eigenvalue weighted by Gasteiger charge is 2.52. The number of carbonyl (C=O) groups is 4. The van der Waals surface area contributed by atoms with Crippen molar-refractivity contribution in [1.29, 1.82) is 0 Å². The van der Waals surface area contributed by atoms with Crippen molar-refractivity contribution in [3.8, 4) is 0 Å². The Morgan fingerprint density at radius 1 is 1.19 bits per heavy atom. The fourth-order valence-electron chi connectivity index (χ4n) is 3.41. The zero-order chi connectivity index (χ0) is 18.7. The van der Waals surface area contributed by atoms with E-state index in [0.717, 1.165) is 24.3 Å². The molecule has 138 valence electrons. The van der Waals surface area contributed by atoms with Gasteiger partial charge in [0, 0.05) is 11.3 Å². The summed E-state index contributed by atoms with van der Waals surface area (Å²) in [6, 6.07) is 6.17. The standard InChI is InChI=1S/C18H22N4O4/c1-12(23)13-6-5-7-14(10-13)19-11-15(24)21-22-16(25)18(20-17(22)26)8-3-2-4-9-18/h5-7,10,19H,2-4,8-9,11H2,1H3,(H,20,26)(H,21,24). The molecule has 1 aromatic rings. The number of nitrogens with zero attached hydrogens (tertiary/aromatic N) is 1. The van der Waals surface area contributed by atoms with Gasteiger partial charge in [-0.2, -0.15) is 5.01 Å². The number of rotatable bonds is 5. The Kier molecular flexibility index (Phi) is 4.92. The molecule has 1 spiro atoms. The number of anilines is 1. The number of urea groups is 1. The molecule has 8 heteroatoms. The second kappa shape index (κ2) is 7.15. The van der Waals surface area contributed by atoms with Crippen LogP contribution in [0.3, 0.4) is 0 Å². The third-order valence-corrected chi connectivity index (χ3v) is 4.83. The first-order valence-corrected chi connectivity index (χ1v) is 8.72. The molecular weight excluding hydrogens is 336 g/mol. The smallest absolute Gasteiger partial charge is 0.344 e. The maximum absolute atomic E-state index is 12.6. The van der Waals surface area contributed by atoms with E-state index in [1.807, 2.05) is 0 Å². The van der Waals surface area contributed by atoms with Crippen LogP contribution in [0.15, 0.2) is 24.3 Å². The normalized spacial score (nSPS) is 18.6. The number of benzene rings is 1. The fourth-order valence-corrected chi connectivity index (χ4v) is 3.41. The van der Waals surface area contributed by atoms with Gasteiger partial charge in [0.15, 0.2) is 5.78 Å². The number of Topliss-reactive ketones (excluding diaryl/α,β-unsaturated/α-hetero) is 1. The minimum Gasteiger partial charge on any atom is -0.376 e.